The van der Waals surface area contributed by atoms with Crippen molar-refractivity contribution in [3.63, 3.8) is 0 Å². The number of aliphatic carboxylic acids is 1. The quantitative estimate of drug-likeness (QED) is 0.677. The molecule has 0 saturated carbocycles. The zero-order valence-corrected chi connectivity index (χ0v) is 10.5. The Hall–Kier alpha value is -0.570. The fourth-order valence-corrected chi connectivity index (χ4v) is 2.26. The van der Waals surface area contributed by atoms with Crippen molar-refractivity contribution >= 4 is 5.97 Å². The van der Waals surface area contributed by atoms with Crippen LogP contribution in [0, 0.1) is 0 Å². The summed E-state index contributed by atoms with van der Waals surface area (Å²) in [5, 5.41) is 9.44. The van der Waals surface area contributed by atoms with Crippen molar-refractivity contribution in [2.45, 2.75) is 58.4 Å². The first-order chi connectivity index (χ1) is 7.05. The van der Waals surface area contributed by atoms with Gasteiger partial charge in [0.2, 0.25) is 0 Å². The van der Waals surface area contributed by atoms with E-state index < -0.39 is 11.5 Å². The van der Waals surface area contributed by atoms with Crippen LogP contribution in [-0.2, 0) is 4.79 Å². The Morgan fingerprint density at radius 1 is 1.13 bits per heavy atom. The maximum atomic E-state index is 11.5. The van der Waals surface area contributed by atoms with E-state index in [9.17, 15) is 9.90 Å². The predicted molar refractivity (Wildman–Crippen MR) is 63.1 cm³/mol. The molecule has 0 spiro atoms. The molecule has 0 radical (unpaired) electrons. The summed E-state index contributed by atoms with van der Waals surface area (Å²) < 4.78 is 0. The van der Waals surface area contributed by atoms with Gasteiger partial charge >= 0.3 is 5.97 Å². The van der Waals surface area contributed by atoms with Gasteiger partial charge in [-0.05, 0) is 32.9 Å². The number of carboxylic acids is 1. The van der Waals surface area contributed by atoms with Gasteiger partial charge in [-0.3, -0.25) is 9.69 Å². The number of hydrogen-bond donors (Lipinski definition) is 1. The van der Waals surface area contributed by atoms with Crippen molar-refractivity contribution < 1.29 is 9.90 Å². The van der Waals surface area contributed by atoms with Crippen molar-refractivity contribution in [2.75, 3.05) is 13.6 Å². The molecule has 0 atom stereocenters. The van der Waals surface area contributed by atoms with Crippen molar-refractivity contribution in [1.82, 2.24) is 4.90 Å². The van der Waals surface area contributed by atoms with Crippen LogP contribution >= 0.6 is 0 Å². The minimum Gasteiger partial charge on any atom is -0.480 e. The third kappa shape index (κ3) is 3.49. The van der Waals surface area contributed by atoms with Gasteiger partial charge in [-0.15, -0.1) is 0 Å². The lowest BCUT2D eigenvalue weighted by atomic mass is 9.87. The molecule has 1 N–H and O–H groups in total. The summed E-state index contributed by atoms with van der Waals surface area (Å²) in [6, 6.07) is 0. The van der Waals surface area contributed by atoms with Crippen LogP contribution in [0.5, 0.6) is 0 Å². The third-order valence-electron chi connectivity index (χ3n) is 3.01. The van der Waals surface area contributed by atoms with Gasteiger partial charge < -0.3 is 5.11 Å². The number of carboxylic acid groups (broad SMARTS) is 1. The van der Waals surface area contributed by atoms with Crippen molar-refractivity contribution in [3.8, 4) is 0 Å². The lowest BCUT2D eigenvalue weighted by molar-refractivity contribution is -0.152. The normalized spacial score (nSPS) is 12.1. The molecule has 0 aliphatic heterocycles. The van der Waals surface area contributed by atoms with Gasteiger partial charge in [0.25, 0.3) is 0 Å². The van der Waals surface area contributed by atoms with Crippen LogP contribution in [-0.4, -0.2) is 35.1 Å². The molecule has 0 aromatic carbocycles. The van der Waals surface area contributed by atoms with Crippen LogP contribution in [0.4, 0.5) is 0 Å². The van der Waals surface area contributed by atoms with Crippen LogP contribution in [0.3, 0.4) is 0 Å². The fourth-order valence-electron chi connectivity index (χ4n) is 2.26. The highest BCUT2D eigenvalue weighted by molar-refractivity contribution is 5.78. The van der Waals surface area contributed by atoms with Crippen LogP contribution < -0.4 is 0 Å². The van der Waals surface area contributed by atoms with E-state index in [0.717, 1.165) is 38.6 Å². The SMILES string of the molecule is CCCN(C)C(CCC)(CCC)C(=O)O. The monoisotopic (exact) mass is 215 g/mol. The van der Waals surface area contributed by atoms with Crippen LogP contribution in [0.1, 0.15) is 52.9 Å². The summed E-state index contributed by atoms with van der Waals surface area (Å²) in [5.41, 5.74) is -0.639. The molecule has 3 heteroatoms. The van der Waals surface area contributed by atoms with Crippen LogP contribution in [0.2, 0.25) is 0 Å². The molecule has 0 aliphatic rings. The topological polar surface area (TPSA) is 40.5 Å². The lowest BCUT2D eigenvalue weighted by Gasteiger charge is -2.38. The average molecular weight is 215 g/mol. The Labute approximate surface area is 93.5 Å². The standard InChI is InChI=1S/C12H25NO2/c1-5-8-12(9-6-2,11(14)15)13(4)10-7-3/h5-10H2,1-4H3,(H,14,15). The van der Waals surface area contributed by atoms with E-state index in [4.69, 9.17) is 0 Å². The molecular formula is C12H25NO2. The summed E-state index contributed by atoms with van der Waals surface area (Å²) in [4.78, 5) is 13.5. The highest BCUT2D eigenvalue weighted by atomic mass is 16.4. The largest absolute Gasteiger partial charge is 0.480 e. The number of likely N-dealkylation sites (N-methyl/N-ethyl adjacent to an activating group) is 1. The number of carbonyl (C=O) groups is 1. The number of rotatable bonds is 8. The molecular weight excluding hydrogens is 190 g/mol. The summed E-state index contributed by atoms with van der Waals surface area (Å²) in [7, 11) is 1.93. The Kier molecular flexibility index (Phi) is 6.57. The molecule has 0 aromatic heterocycles. The van der Waals surface area contributed by atoms with Gasteiger partial charge in [-0.1, -0.05) is 33.6 Å². The van der Waals surface area contributed by atoms with E-state index in [-0.39, 0.29) is 0 Å². The molecule has 0 bridgehead atoms. The number of nitrogens with zero attached hydrogens (tertiary/aromatic N) is 1. The molecule has 0 amide bonds. The molecule has 0 heterocycles. The van der Waals surface area contributed by atoms with E-state index >= 15 is 0 Å². The van der Waals surface area contributed by atoms with E-state index in [2.05, 4.69) is 6.92 Å². The maximum Gasteiger partial charge on any atom is 0.324 e. The lowest BCUT2D eigenvalue weighted by Crippen LogP contribution is -2.53. The van der Waals surface area contributed by atoms with Crippen LogP contribution in [0.15, 0.2) is 0 Å². The zero-order valence-electron chi connectivity index (χ0n) is 10.5. The van der Waals surface area contributed by atoms with Gasteiger partial charge in [0.05, 0.1) is 0 Å². The first kappa shape index (κ1) is 14.4. The molecule has 90 valence electrons. The Morgan fingerprint density at radius 2 is 1.60 bits per heavy atom. The smallest absolute Gasteiger partial charge is 0.324 e. The molecule has 0 saturated heterocycles. The maximum absolute atomic E-state index is 11.5. The predicted octanol–water partition coefficient (Wildman–Crippen LogP) is 2.75. The van der Waals surface area contributed by atoms with Crippen LogP contribution in [0.25, 0.3) is 0 Å². The van der Waals surface area contributed by atoms with Gasteiger partial charge in [-0.25, -0.2) is 0 Å². The second kappa shape index (κ2) is 6.83. The second-order valence-corrected chi connectivity index (χ2v) is 4.26. The summed E-state index contributed by atoms with van der Waals surface area (Å²) in [5.74, 6) is -0.665. The van der Waals surface area contributed by atoms with E-state index in [0.29, 0.717) is 0 Å². The van der Waals surface area contributed by atoms with Gasteiger partial charge in [0.1, 0.15) is 5.54 Å². The molecule has 0 rings (SSSR count). The van der Waals surface area contributed by atoms with Crippen molar-refractivity contribution in [3.05, 3.63) is 0 Å². The molecule has 0 aliphatic carbocycles. The minimum atomic E-state index is -0.665. The molecule has 0 unspecified atom stereocenters. The van der Waals surface area contributed by atoms with E-state index in [1.165, 1.54) is 0 Å². The fraction of sp³-hybridized carbons (Fsp3) is 0.917. The minimum absolute atomic E-state index is 0.639. The third-order valence-corrected chi connectivity index (χ3v) is 3.01. The molecule has 15 heavy (non-hydrogen) atoms. The zero-order chi connectivity index (χ0) is 11.9. The number of hydrogen-bond acceptors (Lipinski definition) is 2. The summed E-state index contributed by atoms with van der Waals surface area (Å²) >= 11 is 0. The first-order valence-electron chi connectivity index (χ1n) is 5.99. The van der Waals surface area contributed by atoms with Crippen molar-refractivity contribution in [1.29, 1.82) is 0 Å². The van der Waals surface area contributed by atoms with Crippen molar-refractivity contribution in [2.24, 2.45) is 0 Å². The Balaban J connectivity index is 4.83. The first-order valence-corrected chi connectivity index (χ1v) is 5.99. The second-order valence-electron chi connectivity index (χ2n) is 4.26. The highest BCUT2D eigenvalue weighted by Crippen LogP contribution is 2.26. The molecule has 0 fully saturated rings. The molecule has 3 nitrogen and oxygen atoms in total. The Bertz CT molecular complexity index is 186. The van der Waals surface area contributed by atoms with Gasteiger partial charge in [0, 0.05) is 0 Å². The van der Waals surface area contributed by atoms with Gasteiger partial charge in [-0.2, -0.15) is 0 Å². The van der Waals surface area contributed by atoms with E-state index in [1.807, 2.05) is 25.8 Å². The van der Waals surface area contributed by atoms with Gasteiger partial charge in [0.15, 0.2) is 0 Å². The Morgan fingerprint density at radius 3 is 1.87 bits per heavy atom. The highest BCUT2D eigenvalue weighted by Gasteiger charge is 2.40. The summed E-state index contributed by atoms with van der Waals surface area (Å²) in [6.45, 7) is 7.04. The van der Waals surface area contributed by atoms with E-state index in [1.54, 1.807) is 0 Å². The summed E-state index contributed by atoms with van der Waals surface area (Å²) in [6.07, 6.45) is 4.32. The molecule has 0 aromatic rings. The average Bonchev–Trinajstić information content (AvgIpc) is 2.17.